The van der Waals surface area contributed by atoms with Gasteiger partial charge in [0, 0.05) is 4.47 Å². The molecule has 2 heterocycles. The van der Waals surface area contributed by atoms with Gasteiger partial charge in [-0.15, -0.1) is 0 Å². The smallest absolute Gasteiger partial charge is 0.294 e. The van der Waals surface area contributed by atoms with Gasteiger partial charge in [-0.1, -0.05) is 39.4 Å². The van der Waals surface area contributed by atoms with E-state index in [0.29, 0.717) is 16.6 Å². The highest BCUT2D eigenvalue weighted by atomic mass is 79.9. The van der Waals surface area contributed by atoms with E-state index in [4.69, 9.17) is 14.2 Å². The fraction of sp³-hybridized carbons (Fsp3) is 0.125. The van der Waals surface area contributed by atoms with Gasteiger partial charge in [-0.3, -0.25) is 4.79 Å². The summed E-state index contributed by atoms with van der Waals surface area (Å²) in [5.41, 5.74) is 1.59. The van der Waals surface area contributed by atoms with Crippen LogP contribution in [0.2, 0.25) is 0 Å². The van der Waals surface area contributed by atoms with Gasteiger partial charge in [-0.25, -0.2) is 4.98 Å². The number of carbonyl (C=O) groups is 1. The van der Waals surface area contributed by atoms with Crippen molar-refractivity contribution in [3.63, 3.8) is 0 Å². The Labute approximate surface area is 202 Å². The molecule has 1 aromatic heterocycles. The first-order chi connectivity index (χ1) is 16.1. The number of halogens is 1. The summed E-state index contributed by atoms with van der Waals surface area (Å²) in [6.45, 7) is 0.0842. The van der Waals surface area contributed by atoms with Crippen LogP contribution >= 0.6 is 27.3 Å². The van der Waals surface area contributed by atoms with Crippen LogP contribution in [-0.2, 0) is 4.79 Å². The zero-order valence-corrected chi connectivity index (χ0v) is 19.9. The summed E-state index contributed by atoms with van der Waals surface area (Å²) < 4.78 is 18.8. The normalized spacial score (nSPS) is 15.0. The number of benzene rings is 3. The lowest BCUT2D eigenvalue weighted by Gasteiger charge is -2.27. The molecule has 1 atom stereocenters. The highest BCUT2D eigenvalue weighted by Gasteiger charge is 2.33. The van der Waals surface area contributed by atoms with E-state index in [1.807, 2.05) is 54.6 Å². The molecule has 166 valence electrons. The molecule has 4 aromatic rings. The molecule has 0 saturated carbocycles. The van der Waals surface area contributed by atoms with Crippen LogP contribution in [0.25, 0.3) is 10.2 Å². The molecule has 9 heteroatoms. The van der Waals surface area contributed by atoms with E-state index in [9.17, 15) is 4.79 Å². The number of methoxy groups -OCH3 is 1. The topological polar surface area (TPSA) is 73.2 Å². The molecular formula is C24H18BrN3O4S. The third-order valence-corrected chi connectivity index (χ3v) is 6.44. The number of hydrazone groups is 1. The molecule has 7 nitrogen and oxygen atoms in total. The first kappa shape index (κ1) is 21.4. The third kappa shape index (κ3) is 4.55. The van der Waals surface area contributed by atoms with E-state index in [-0.39, 0.29) is 12.5 Å². The molecule has 0 bridgehead atoms. The van der Waals surface area contributed by atoms with E-state index in [0.717, 1.165) is 26.0 Å². The van der Waals surface area contributed by atoms with Crippen molar-refractivity contribution in [2.24, 2.45) is 5.10 Å². The predicted octanol–water partition coefficient (Wildman–Crippen LogP) is 5.27. The van der Waals surface area contributed by atoms with Gasteiger partial charge >= 0.3 is 0 Å². The van der Waals surface area contributed by atoms with E-state index in [1.54, 1.807) is 25.5 Å². The SMILES string of the molecule is COc1ccc(/C=N/N(C(=O)C2COc3ccccc3O2)c2nc3ccc(Br)cc3s2)cc1. The van der Waals surface area contributed by atoms with Crippen molar-refractivity contribution in [3.05, 3.63) is 76.8 Å². The Bertz CT molecular complexity index is 1340. The minimum Gasteiger partial charge on any atom is -0.497 e. The molecule has 0 spiro atoms. The Hall–Kier alpha value is -3.43. The van der Waals surface area contributed by atoms with Crippen molar-refractivity contribution in [1.29, 1.82) is 0 Å². The van der Waals surface area contributed by atoms with Gasteiger partial charge in [0.05, 0.1) is 23.5 Å². The maximum absolute atomic E-state index is 13.5. The number of hydrogen-bond acceptors (Lipinski definition) is 7. The second-order valence-corrected chi connectivity index (χ2v) is 9.07. The van der Waals surface area contributed by atoms with Crippen LogP contribution in [0.5, 0.6) is 17.2 Å². The summed E-state index contributed by atoms with van der Waals surface area (Å²) in [5.74, 6) is 1.50. The van der Waals surface area contributed by atoms with E-state index >= 15 is 0 Å². The second-order valence-electron chi connectivity index (χ2n) is 7.14. The highest BCUT2D eigenvalue weighted by Crippen LogP contribution is 2.34. The van der Waals surface area contributed by atoms with Gasteiger partial charge < -0.3 is 14.2 Å². The lowest BCUT2D eigenvalue weighted by Crippen LogP contribution is -2.44. The van der Waals surface area contributed by atoms with E-state index in [2.05, 4.69) is 26.0 Å². The monoisotopic (exact) mass is 523 g/mol. The Kier molecular flexibility index (Phi) is 5.97. The fourth-order valence-corrected chi connectivity index (χ4v) is 4.75. The molecule has 1 amide bonds. The third-order valence-electron chi connectivity index (χ3n) is 4.95. The van der Waals surface area contributed by atoms with Crippen LogP contribution < -0.4 is 19.2 Å². The fourth-order valence-electron chi connectivity index (χ4n) is 3.27. The number of amides is 1. The first-order valence-electron chi connectivity index (χ1n) is 10.1. The number of anilines is 1. The van der Waals surface area contributed by atoms with Crippen molar-refractivity contribution in [2.75, 3.05) is 18.7 Å². The Morgan fingerprint density at radius 3 is 2.76 bits per heavy atom. The van der Waals surface area contributed by atoms with Gasteiger partial charge in [0.25, 0.3) is 5.91 Å². The van der Waals surface area contributed by atoms with Crippen LogP contribution in [0.3, 0.4) is 0 Å². The molecular weight excluding hydrogens is 506 g/mol. The first-order valence-corrected chi connectivity index (χ1v) is 11.7. The van der Waals surface area contributed by atoms with Gasteiger partial charge in [0.15, 0.2) is 11.5 Å². The Balaban J connectivity index is 1.48. The summed E-state index contributed by atoms with van der Waals surface area (Å²) in [4.78, 5) is 18.1. The van der Waals surface area contributed by atoms with Crippen molar-refractivity contribution >= 4 is 54.7 Å². The van der Waals surface area contributed by atoms with Crippen LogP contribution in [0.15, 0.2) is 76.3 Å². The number of fused-ring (bicyclic) bond motifs is 2. The average Bonchev–Trinajstić information content (AvgIpc) is 3.27. The number of para-hydroxylation sites is 2. The number of carbonyl (C=O) groups excluding carboxylic acids is 1. The summed E-state index contributed by atoms with van der Waals surface area (Å²) in [6, 6.07) is 20.4. The predicted molar refractivity (Wildman–Crippen MR) is 132 cm³/mol. The molecule has 0 saturated heterocycles. The minimum atomic E-state index is -0.855. The molecule has 0 radical (unpaired) electrons. The maximum atomic E-state index is 13.5. The van der Waals surface area contributed by atoms with Gasteiger partial charge in [-0.05, 0) is 60.2 Å². The van der Waals surface area contributed by atoms with Gasteiger partial charge in [-0.2, -0.15) is 10.1 Å². The largest absolute Gasteiger partial charge is 0.497 e. The lowest BCUT2D eigenvalue weighted by molar-refractivity contribution is -0.127. The number of thiazole rings is 1. The van der Waals surface area contributed by atoms with Crippen molar-refractivity contribution < 1.29 is 19.0 Å². The van der Waals surface area contributed by atoms with Crippen molar-refractivity contribution in [1.82, 2.24) is 4.98 Å². The summed E-state index contributed by atoms with van der Waals surface area (Å²) >= 11 is 4.85. The lowest BCUT2D eigenvalue weighted by atomic mass is 10.2. The zero-order chi connectivity index (χ0) is 22.8. The van der Waals surface area contributed by atoms with Gasteiger partial charge in [0.2, 0.25) is 11.2 Å². The molecule has 5 rings (SSSR count). The summed E-state index contributed by atoms with van der Waals surface area (Å²) in [5, 5.41) is 6.21. The molecule has 0 aliphatic carbocycles. The van der Waals surface area contributed by atoms with Crippen molar-refractivity contribution in [3.8, 4) is 17.2 Å². The standard InChI is InChI=1S/C24H18BrN3O4S/c1-30-17-9-6-15(7-10-17)13-26-28(24-27-18-11-8-16(25)12-22(18)33-24)23(29)21-14-31-19-4-2-3-5-20(19)32-21/h2-13,21H,14H2,1H3/b26-13+. The highest BCUT2D eigenvalue weighted by molar-refractivity contribution is 9.10. The Morgan fingerprint density at radius 2 is 1.97 bits per heavy atom. The second kappa shape index (κ2) is 9.21. The van der Waals surface area contributed by atoms with E-state index < -0.39 is 6.10 Å². The number of aromatic nitrogens is 1. The number of nitrogens with zero attached hydrogens (tertiary/aromatic N) is 3. The maximum Gasteiger partial charge on any atom is 0.294 e. The molecule has 1 unspecified atom stereocenters. The average molecular weight is 524 g/mol. The number of ether oxygens (including phenoxy) is 3. The molecule has 0 N–H and O–H groups in total. The Morgan fingerprint density at radius 1 is 1.18 bits per heavy atom. The summed E-state index contributed by atoms with van der Waals surface area (Å²) in [6.07, 6.45) is 0.753. The van der Waals surface area contributed by atoms with Crippen molar-refractivity contribution in [2.45, 2.75) is 6.10 Å². The van der Waals surface area contributed by atoms with Crippen LogP contribution in [0.1, 0.15) is 5.56 Å². The van der Waals surface area contributed by atoms with E-state index in [1.165, 1.54) is 16.3 Å². The van der Waals surface area contributed by atoms with Gasteiger partial charge in [0.1, 0.15) is 12.4 Å². The molecule has 33 heavy (non-hydrogen) atoms. The van der Waals surface area contributed by atoms with Crippen LogP contribution in [-0.4, -0.2) is 36.9 Å². The summed E-state index contributed by atoms with van der Waals surface area (Å²) in [7, 11) is 1.61. The number of rotatable bonds is 5. The molecule has 1 aliphatic rings. The van der Waals surface area contributed by atoms with Crippen LogP contribution in [0.4, 0.5) is 5.13 Å². The molecule has 1 aliphatic heterocycles. The molecule has 0 fully saturated rings. The molecule has 3 aromatic carbocycles. The van der Waals surface area contributed by atoms with Crippen LogP contribution in [0, 0.1) is 0 Å². The number of hydrogen-bond donors (Lipinski definition) is 0. The minimum absolute atomic E-state index is 0.0842. The quantitative estimate of drug-likeness (QED) is 0.263. The zero-order valence-electron chi connectivity index (χ0n) is 17.5.